The lowest BCUT2D eigenvalue weighted by atomic mass is 9.87. The van der Waals surface area contributed by atoms with Crippen LogP contribution in [0.25, 0.3) is 0 Å². The van der Waals surface area contributed by atoms with E-state index < -0.39 is 6.10 Å². The summed E-state index contributed by atoms with van der Waals surface area (Å²) < 4.78 is 19.5. The molecule has 4 rings (SSSR count). The molecule has 2 aromatic carbocycles. The number of fused-ring (bicyclic) bond motifs is 1. The van der Waals surface area contributed by atoms with E-state index in [1.807, 2.05) is 17.0 Å². The maximum absolute atomic E-state index is 13.5. The molecule has 0 saturated carbocycles. The molecule has 2 aliphatic heterocycles. The Morgan fingerprint density at radius 1 is 1.21 bits per heavy atom. The van der Waals surface area contributed by atoms with E-state index in [9.17, 15) is 9.18 Å². The highest BCUT2D eigenvalue weighted by Gasteiger charge is 2.36. The average molecular weight is 398 g/mol. The molecule has 5 nitrogen and oxygen atoms in total. The average Bonchev–Trinajstić information content (AvgIpc) is 2.99. The zero-order valence-corrected chi connectivity index (χ0v) is 16.4. The molecule has 3 atom stereocenters. The second-order valence-electron chi connectivity index (χ2n) is 7.71. The van der Waals surface area contributed by atoms with E-state index in [1.54, 1.807) is 12.1 Å². The van der Waals surface area contributed by atoms with Crippen LogP contribution >= 0.6 is 0 Å². The van der Waals surface area contributed by atoms with Gasteiger partial charge in [-0.25, -0.2) is 4.39 Å². The summed E-state index contributed by atoms with van der Waals surface area (Å²) in [5.74, 6) is -0.316. The number of halogens is 1. The first-order valence-corrected chi connectivity index (χ1v) is 10.3. The van der Waals surface area contributed by atoms with Crippen molar-refractivity contribution in [3.63, 3.8) is 0 Å². The van der Waals surface area contributed by atoms with Crippen LogP contribution in [0, 0.1) is 5.82 Å². The molecule has 1 fully saturated rings. The molecule has 0 aromatic heterocycles. The minimum absolute atomic E-state index is 0.0275. The SMILES string of the molecule is O=C([C@@H]1CCN[C@H](CCO)CO1)N1CCc2ccccc2[C@@H]1c1ccc(F)cc1. The van der Waals surface area contributed by atoms with Crippen LogP contribution < -0.4 is 5.32 Å². The van der Waals surface area contributed by atoms with Gasteiger partial charge in [0.25, 0.3) is 5.91 Å². The van der Waals surface area contributed by atoms with E-state index in [1.165, 1.54) is 17.7 Å². The van der Waals surface area contributed by atoms with Crippen LogP contribution in [0.5, 0.6) is 0 Å². The lowest BCUT2D eigenvalue weighted by Gasteiger charge is -2.39. The maximum atomic E-state index is 13.5. The molecule has 154 valence electrons. The van der Waals surface area contributed by atoms with Crippen LogP contribution in [0.2, 0.25) is 0 Å². The summed E-state index contributed by atoms with van der Waals surface area (Å²) in [6, 6.07) is 14.4. The van der Waals surface area contributed by atoms with Crippen molar-refractivity contribution in [3.05, 3.63) is 71.0 Å². The summed E-state index contributed by atoms with van der Waals surface area (Å²) in [4.78, 5) is 15.4. The van der Waals surface area contributed by atoms with Crippen molar-refractivity contribution in [2.75, 3.05) is 26.3 Å². The Balaban J connectivity index is 1.61. The molecule has 29 heavy (non-hydrogen) atoms. The second kappa shape index (κ2) is 9.03. The van der Waals surface area contributed by atoms with Crippen molar-refractivity contribution in [1.82, 2.24) is 10.2 Å². The van der Waals surface area contributed by atoms with Crippen molar-refractivity contribution in [2.45, 2.75) is 37.5 Å². The minimum atomic E-state index is -0.514. The normalized spacial score (nSPS) is 24.6. The van der Waals surface area contributed by atoms with Crippen LogP contribution in [0.1, 0.15) is 35.6 Å². The molecule has 6 heteroatoms. The van der Waals surface area contributed by atoms with Gasteiger partial charge in [0.1, 0.15) is 11.9 Å². The quantitative estimate of drug-likeness (QED) is 0.831. The van der Waals surface area contributed by atoms with E-state index in [2.05, 4.69) is 17.4 Å². The van der Waals surface area contributed by atoms with Gasteiger partial charge in [-0.15, -0.1) is 0 Å². The molecule has 1 saturated heterocycles. The number of aliphatic hydroxyl groups excluding tert-OH is 1. The highest BCUT2D eigenvalue weighted by molar-refractivity contribution is 5.82. The number of nitrogens with zero attached hydrogens (tertiary/aromatic N) is 1. The minimum Gasteiger partial charge on any atom is -0.396 e. The van der Waals surface area contributed by atoms with Gasteiger partial charge >= 0.3 is 0 Å². The van der Waals surface area contributed by atoms with Crippen molar-refractivity contribution in [3.8, 4) is 0 Å². The number of benzene rings is 2. The van der Waals surface area contributed by atoms with E-state index in [4.69, 9.17) is 9.84 Å². The number of ether oxygens (including phenoxy) is 1. The molecule has 2 aromatic rings. The molecule has 2 aliphatic rings. The third-order valence-electron chi connectivity index (χ3n) is 5.84. The number of hydrogen-bond donors (Lipinski definition) is 2. The maximum Gasteiger partial charge on any atom is 0.252 e. The van der Waals surface area contributed by atoms with E-state index in [-0.39, 0.29) is 30.4 Å². The largest absolute Gasteiger partial charge is 0.396 e. The van der Waals surface area contributed by atoms with Gasteiger partial charge in [-0.3, -0.25) is 4.79 Å². The van der Waals surface area contributed by atoms with E-state index >= 15 is 0 Å². The Kier molecular flexibility index (Phi) is 6.23. The Morgan fingerprint density at radius 2 is 2.00 bits per heavy atom. The molecule has 0 radical (unpaired) electrons. The first-order valence-electron chi connectivity index (χ1n) is 10.3. The van der Waals surface area contributed by atoms with E-state index in [0.29, 0.717) is 32.5 Å². The van der Waals surface area contributed by atoms with Gasteiger partial charge in [0.05, 0.1) is 12.6 Å². The Bertz CT molecular complexity index is 842. The van der Waals surface area contributed by atoms with Crippen molar-refractivity contribution < 1.29 is 19.0 Å². The van der Waals surface area contributed by atoms with Crippen LogP contribution in [0.3, 0.4) is 0 Å². The van der Waals surface area contributed by atoms with Crippen LogP contribution in [-0.2, 0) is 16.0 Å². The Labute approximate surface area is 170 Å². The summed E-state index contributed by atoms with van der Waals surface area (Å²) in [5.41, 5.74) is 3.21. The van der Waals surface area contributed by atoms with Gasteiger partial charge < -0.3 is 20.1 Å². The number of hydrogen-bond acceptors (Lipinski definition) is 4. The summed E-state index contributed by atoms with van der Waals surface area (Å²) in [6.07, 6.45) is 1.47. The lowest BCUT2D eigenvalue weighted by Crippen LogP contribution is -2.46. The molecule has 0 aliphatic carbocycles. The van der Waals surface area contributed by atoms with Gasteiger partial charge in [-0.2, -0.15) is 0 Å². The fraction of sp³-hybridized carbons (Fsp3) is 0.435. The fourth-order valence-electron chi connectivity index (χ4n) is 4.32. The molecule has 0 bridgehead atoms. The third-order valence-corrected chi connectivity index (χ3v) is 5.84. The molecule has 1 amide bonds. The molecular weight excluding hydrogens is 371 g/mol. The fourth-order valence-corrected chi connectivity index (χ4v) is 4.32. The zero-order valence-electron chi connectivity index (χ0n) is 16.4. The summed E-state index contributed by atoms with van der Waals surface area (Å²) >= 11 is 0. The number of carbonyl (C=O) groups is 1. The van der Waals surface area contributed by atoms with Gasteiger partial charge in [-0.1, -0.05) is 36.4 Å². The molecule has 0 unspecified atom stereocenters. The van der Waals surface area contributed by atoms with Gasteiger partial charge in [0, 0.05) is 19.2 Å². The number of aliphatic hydroxyl groups is 1. The van der Waals surface area contributed by atoms with Crippen LogP contribution in [-0.4, -0.2) is 54.4 Å². The van der Waals surface area contributed by atoms with Crippen molar-refractivity contribution >= 4 is 5.91 Å². The Hall–Kier alpha value is -2.28. The van der Waals surface area contributed by atoms with Crippen molar-refractivity contribution in [2.24, 2.45) is 0 Å². The molecule has 2 N–H and O–H groups in total. The predicted octanol–water partition coefficient (Wildman–Crippen LogP) is 2.43. The topological polar surface area (TPSA) is 61.8 Å². The first-order chi connectivity index (χ1) is 14.2. The monoisotopic (exact) mass is 398 g/mol. The molecular formula is C23H27FN2O3. The van der Waals surface area contributed by atoms with Gasteiger partial charge in [0.15, 0.2) is 0 Å². The van der Waals surface area contributed by atoms with Crippen LogP contribution in [0.15, 0.2) is 48.5 Å². The van der Waals surface area contributed by atoms with Crippen molar-refractivity contribution in [1.29, 1.82) is 0 Å². The number of amides is 1. The highest BCUT2D eigenvalue weighted by atomic mass is 19.1. The second-order valence-corrected chi connectivity index (χ2v) is 7.71. The first kappa shape index (κ1) is 20.0. The zero-order chi connectivity index (χ0) is 20.2. The van der Waals surface area contributed by atoms with Gasteiger partial charge in [0.2, 0.25) is 0 Å². The van der Waals surface area contributed by atoms with E-state index in [0.717, 1.165) is 17.5 Å². The molecule has 0 spiro atoms. The number of carbonyl (C=O) groups excluding carboxylic acids is 1. The third kappa shape index (κ3) is 4.34. The van der Waals surface area contributed by atoms with Gasteiger partial charge in [-0.05, 0) is 54.6 Å². The van der Waals surface area contributed by atoms with Crippen LogP contribution in [0.4, 0.5) is 4.39 Å². The number of rotatable bonds is 4. The standard InChI is InChI=1S/C23H27FN2O3/c24-18-7-5-17(6-8-18)22-20-4-2-1-3-16(20)10-13-26(22)23(28)21-9-12-25-19(11-14-27)15-29-21/h1-8,19,21-22,25,27H,9-15H2/t19-,21+,22+/m1/s1. The summed E-state index contributed by atoms with van der Waals surface area (Å²) in [6.45, 7) is 1.77. The lowest BCUT2D eigenvalue weighted by molar-refractivity contribution is -0.146. The predicted molar refractivity (Wildman–Crippen MR) is 108 cm³/mol. The smallest absolute Gasteiger partial charge is 0.252 e. The highest BCUT2D eigenvalue weighted by Crippen LogP contribution is 2.36. The number of nitrogens with one attached hydrogen (secondary N) is 1. The summed E-state index contributed by atoms with van der Waals surface area (Å²) in [7, 11) is 0. The Morgan fingerprint density at radius 3 is 2.79 bits per heavy atom. The molecule has 2 heterocycles. The summed E-state index contributed by atoms with van der Waals surface area (Å²) in [5, 5.41) is 12.5.